The first-order valence-corrected chi connectivity index (χ1v) is 9.29. The van der Waals surface area contributed by atoms with Crippen molar-refractivity contribution in [3.8, 4) is 11.5 Å². The highest BCUT2D eigenvalue weighted by Crippen LogP contribution is 2.29. The van der Waals surface area contributed by atoms with Crippen molar-refractivity contribution in [1.29, 1.82) is 0 Å². The molecule has 0 aliphatic carbocycles. The van der Waals surface area contributed by atoms with E-state index in [2.05, 4.69) is 27.4 Å². The number of amides is 1. The molecule has 0 spiro atoms. The zero-order valence-electron chi connectivity index (χ0n) is 16.8. The molecule has 0 aliphatic heterocycles. The molecule has 0 unspecified atom stereocenters. The maximum Gasteiger partial charge on any atom is 0.258 e. The zero-order valence-corrected chi connectivity index (χ0v) is 16.8. The molecule has 0 fully saturated rings. The Bertz CT molecular complexity index is 946. The van der Waals surface area contributed by atoms with E-state index in [4.69, 9.17) is 9.47 Å². The fourth-order valence-corrected chi connectivity index (χ4v) is 2.84. The predicted molar refractivity (Wildman–Crippen MR) is 113 cm³/mol. The lowest BCUT2D eigenvalue weighted by molar-refractivity contribution is 0.102. The Morgan fingerprint density at radius 2 is 1.76 bits per heavy atom. The minimum atomic E-state index is -0.325. The third-order valence-corrected chi connectivity index (χ3v) is 4.44. The summed E-state index contributed by atoms with van der Waals surface area (Å²) in [5, 5.41) is 2.82. The van der Waals surface area contributed by atoms with Gasteiger partial charge < -0.3 is 19.7 Å². The summed E-state index contributed by atoms with van der Waals surface area (Å²) in [6.07, 6.45) is 3.05. The molecule has 0 bridgehead atoms. The Morgan fingerprint density at radius 3 is 2.38 bits per heavy atom. The quantitative estimate of drug-likeness (QED) is 0.629. The lowest BCUT2D eigenvalue weighted by Crippen LogP contribution is -2.24. The number of anilines is 2. The molecule has 29 heavy (non-hydrogen) atoms. The minimum Gasteiger partial charge on any atom is -0.497 e. The number of carbonyl (C=O) groups excluding carboxylic acids is 1. The summed E-state index contributed by atoms with van der Waals surface area (Å²) in [5.41, 5.74) is 2.04. The molecule has 0 radical (unpaired) electrons. The van der Waals surface area contributed by atoms with Crippen LogP contribution >= 0.6 is 0 Å². The van der Waals surface area contributed by atoms with Gasteiger partial charge in [0, 0.05) is 31.5 Å². The molecule has 1 aromatic heterocycles. The van der Waals surface area contributed by atoms with Crippen molar-refractivity contribution in [3.05, 3.63) is 72.1 Å². The largest absolute Gasteiger partial charge is 0.497 e. The van der Waals surface area contributed by atoms with Crippen molar-refractivity contribution in [1.82, 2.24) is 9.97 Å². The van der Waals surface area contributed by atoms with Gasteiger partial charge in [0.25, 0.3) is 5.91 Å². The van der Waals surface area contributed by atoms with Crippen LogP contribution in [0.15, 0.2) is 60.9 Å². The SMILES string of the molecule is CCN(Cc1ccccc1)c1ncc(C(=O)Nc2cc(OC)ccc2OC)cn1. The molecule has 0 atom stereocenters. The van der Waals surface area contributed by atoms with E-state index in [1.165, 1.54) is 18.0 Å². The van der Waals surface area contributed by atoms with E-state index in [0.717, 1.165) is 6.54 Å². The van der Waals surface area contributed by atoms with Gasteiger partial charge in [-0.1, -0.05) is 30.3 Å². The van der Waals surface area contributed by atoms with E-state index < -0.39 is 0 Å². The molecular formula is C22H24N4O3. The average molecular weight is 392 g/mol. The van der Waals surface area contributed by atoms with Gasteiger partial charge in [0.05, 0.1) is 25.5 Å². The summed E-state index contributed by atoms with van der Waals surface area (Å²) in [4.78, 5) is 23.4. The Kier molecular flexibility index (Phi) is 6.63. The van der Waals surface area contributed by atoms with Crippen molar-refractivity contribution in [2.75, 3.05) is 31.0 Å². The lowest BCUT2D eigenvalue weighted by Gasteiger charge is -2.20. The second kappa shape index (κ2) is 9.54. The van der Waals surface area contributed by atoms with Gasteiger partial charge in [0.1, 0.15) is 11.5 Å². The summed E-state index contributed by atoms with van der Waals surface area (Å²) in [5.74, 6) is 1.41. The lowest BCUT2D eigenvalue weighted by atomic mass is 10.2. The second-order valence-electron chi connectivity index (χ2n) is 6.29. The molecule has 0 saturated heterocycles. The maximum atomic E-state index is 12.6. The first kappa shape index (κ1) is 20.1. The topological polar surface area (TPSA) is 76.6 Å². The highest BCUT2D eigenvalue weighted by atomic mass is 16.5. The Labute approximate surface area is 170 Å². The fourth-order valence-electron chi connectivity index (χ4n) is 2.84. The Balaban J connectivity index is 1.73. The van der Waals surface area contributed by atoms with Crippen LogP contribution in [0.25, 0.3) is 0 Å². The molecule has 7 nitrogen and oxygen atoms in total. The molecule has 1 amide bonds. The third-order valence-electron chi connectivity index (χ3n) is 4.44. The molecule has 1 heterocycles. The van der Waals surface area contributed by atoms with Gasteiger partial charge in [0.2, 0.25) is 5.95 Å². The molecule has 150 valence electrons. The van der Waals surface area contributed by atoms with Crippen LogP contribution < -0.4 is 19.7 Å². The number of methoxy groups -OCH3 is 2. The number of nitrogens with zero attached hydrogens (tertiary/aromatic N) is 3. The summed E-state index contributed by atoms with van der Waals surface area (Å²) < 4.78 is 10.5. The molecule has 2 aromatic carbocycles. The number of rotatable bonds is 8. The van der Waals surface area contributed by atoms with Crippen molar-refractivity contribution in [2.45, 2.75) is 13.5 Å². The Morgan fingerprint density at radius 1 is 1.03 bits per heavy atom. The second-order valence-corrected chi connectivity index (χ2v) is 6.29. The molecule has 0 aliphatic rings. The Hall–Kier alpha value is -3.61. The van der Waals surface area contributed by atoms with Crippen LogP contribution in [0.1, 0.15) is 22.8 Å². The highest BCUT2D eigenvalue weighted by Gasteiger charge is 2.14. The minimum absolute atomic E-state index is 0.325. The zero-order chi connectivity index (χ0) is 20.6. The number of benzene rings is 2. The molecule has 3 aromatic rings. The molecule has 3 rings (SSSR count). The van der Waals surface area contributed by atoms with E-state index in [0.29, 0.717) is 35.2 Å². The predicted octanol–water partition coefficient (Wildman–Crippen LogP) is 3.77. The molecule has 1 N–H and O–H groups in total. The monoisotopic (exact) mass is 392 g/mol. The smallest absolute Gasteiger partial charge is 0.258 e. The van der Waals surface area contributed by atoms with Crippen molar-refractivity contribution < 1.29 is 14.3 Å². The fraction of sp³-hybridized carbons (Fsp3) is 0.227. The van der Waals surface area contributed by atoms with Gasteiger partial charge >= 0.3 is 0 Å². The molecule has 0 saturated carbocycles. The number of hydrogen-bond donors (Lipinski definition) is 1. The van der Waals surface area contributed by atoms with Gasteiger partial charge in [0.15, 0.2) is 0 Å². The summed E-state index contributed by atoms with van der Waals surface area (Å²) in [6.45, 7) is 3.49. The average Bonchev–Trinajstić information content (AvgIpc) is 2.78. The first-order valence-electron chi connectivity index (χ1n) is 9.29. The number of ether oxygens (including phenoxy) is 2. The summed E-state index contributed by atoms with van der Waals surface area (Å²) in [6, 6.07) is 15.3. The van der Waals surface area contributed by atoms with E-state index in [1.54, 1.807) is 32.4 Å². The molecular weight excluding hydrogens is 368 g/mol. The standard InChI is InChI=1S/C22H24N4O3/c1-4-26(15-16-8-6-5-7-9-16)22-23-13-17(14-24-22)21(27)25-19-12-18(28-2)10-11-20(19)29-3/h5-14H,4,15H2,1-3H3,(H,25,27). The van der Waals surface area contributed by atoms with Crippen LogP contribution in [0.5, 0.6) is 11.5 Å². The number of carbonyl (C=O) groups is 1. The van der Waals surface area contributed by atoms with Gasteiger partial charge in [-0.25, -0.2) is 9.97 Å². The third kappa shape index (κ3) is 5.01. The van der Waals surface area contributed by atoms with E-state index in [9.17, 15) is 4.79 Å². The van der Waals surface area contributed by atoms with Gasteiger partial charge in [-0.05, 0) is 24.6 Å². The van der Waals surface area contributed by atoms with E-state index in [1.807, 2.05) is 30.0 Å². The summed E-state index contributed by atoms with van der Waals surface area (Å²) in [7, 11) is 3.11. The van der Waals surface area contributed by atoms with Gasteiger partial charge in [-0.15, -0.1) is 0 Å². The van der Waals surface area contributed by atoms with Crippen LogP contribution in [0, 0.1) is 0 Å². The number of nitrogens with one attached hydrogen (secondary N) is 1. The first-order chi connectivity index (χ1) is 14.1. The van der Waals surface area contributed by atoms with Gasteiger partial charge in [-0.3, -0.25) is 4.79 Å². The van der Waals surface area contributed by atoms with Crippen molar-refractivity contribution in [2.24, 2.45) is 0 Å². The number of aromatic nitrogens is 2. The van der Waals surface area contributed by atoms with E-state index >= 15 is 0 Å². The van der Waals surface area contributed by atoms with Crippen LogP contribution in [-0.4, -0.2) is 36.6 Å². The number of hydrogen-bond acceptors (Lipinski definition) is 6. The van der Waals surface area contributed by atoms with Crippen molar-refractivity contribution >= 4 is 17.5 Å². The summed E-state index contributed by atoms with van der Waals surface area (Å²) >= 11 is 0. The van der Waals surface area contributed by atoms with Gasteiger partial charge in [-0.2, -0.15) is 0 Å². The normalized spacial score (nSPS) is 10.3. The van der Waals surface area contributed by atoms with E-state index in [-0.39, 0.29) is 5.91 Å². The highest BCUT2D eigenvalue weighted by molar-refractivity contribution is 6.04. The van der Waals surface area contributed by atoms with Crippen LogP contribution in [0.2, 0.25) is 0 Å². The van der Waals surface area contributed by atoms with Crippen molar-refractivity contribution in [3.63, 3.8) is 0 Å². The van der Waals surface area contributed by atoms with Crippen LogP contribution in [-0.2, 0) is 6.54 Å². The van der Waals surface area contributed by atoms with Crippen LogP contribution in [0.4, 0.5) is 11.6 Å². The molecule has 7 heteroatoms. The maximum absolute atomic E-state index is 12.6. The van der Waals surface area contributed by atoms with Crippen LogP contribution in [0.3, 0.4) is 0 Å².